The Morgan fingerprint density at radius 2 is 1.77 bits per heavy atom. The van der Waals surface area contributed by atoms with Gasteiger partial charge in [0.25, 0.3) is 0 Å². The number of nitrogens with zero attached hydrogens (tertiary/aromatic N) is 1. The summed E-state index contributed by atoms with van der Waals surface area (Å²) in [6.45, 7) is 6.48. The molecule has 0 aliphatic carbocycles. The molecule has 3 N–H and O–H groups in total. The molecule has 3 heteroatoms. The second-order valence-electron chi connectivity index (χ2n) is 3.41. The standard InChI is InChI=1S/C10H24N2O/c1-2-3-7-12(9-6-11)8-4-5-10-13/h13H,2-11H2,1H3. The van der Waals surface area contributed by atoms with E-state index in [1.165, 1.54) is 12.8 Å². The van der Waals surface area contributed by atoms with E-state index in [0.29, 0.717) is 6.61 Å². The molecule has 0 atom stereocenters. The second-order valence-corrected chi connectivity index (χ2v) is 3.41. The van der Waals surface area contributed by atoms with Crippen LogP contribution in [0.4, 0.5) is 0 Å². The normalized spacial score (nSPS) is 11.1. The first-order chi connectivity index (χ1) is 6.35. The van der Waals surface area contributed by atoms with Gasteiger partial charge in [0, 0.05) is 19.7 Å². The average molecular weight is 188 g/mol. The molecule has 0 amide bonds. The minimum atomic E-state index is 0.310. The summed E-state index contributed by atoms with van der Waals surface area (Å²) in [4.78, 5) is 2.39. The predicted octanol–water partition coefficient (Wildman–Crippen LogP) is 0.820. The van der Waals surface area contributed by atoms with E-state index in [4.69, 9.17) is 10.8 Å². The van der Waals surface area contributed by atoms with Crippen molar-refractivity contribution in [3.05, 3.63) is 0 Å². The van der Waals surface area contributed by atoms with Crippen LogP contribution in [0.5, 0.6) is 0 Å². The minimum absolute atomic E-state index is 0.310. The van der Waals surface area contributed by atoms with E-state index in [1.807, 2.05) is 0 Å². The van der Waals surface area contributed by atoms with Crippen molar-refractivity contribution < 1.29 is 5.11 Å². The minimum Gasteiger partial charge on any atom is -0.396 e. The molecular weight excluding hydrogens is 164 g/mol. The Bertz CT molecular complexity index is 98.9. The van der Waals surface area contributed by atoms with Crippen molar-refractivity contribution >= 4 is 0 Å². The molecule has 0 unspecified atom stereocenters. The lowest BCUT2D eigenvalue weighted by molar-refractivity contribution is 0.243. The van der Waals surface area contributed by atoms with Gasteiger partial charge in [-0.05, 0) is 32.4 Å². The highest BCUT2D eigenvalue weighted by molar-refractivity contribution is 4.58. The number of rotatable bonds is 9. The van der Waals surface area contributed by atoms with Gasteiger partial charge in [0.15, 0.2) is 0 Å². The topological polar surface area (TPSA) is 49.5 Å². The van der Waals surface area contributed by atoms with Crippen molar-refractivity contribution in [1.82, 2.24) is 4.90 Å². The van der Waals surface area contributed by atoms with Crippen molar-refractivity contribution in [3.8, 4) is 0 Å². The lowest BCUT2D eigenvalue weighted by Crippen LogP contribution is -2.31. The molecule has 0 spiro atoms. The highest BCUT2D eigenvalue weighted by Crippen LogP contribution is 1.97. The van der Waals surface area contributed by atoms with Crippen LogP contribution in [0.2, 0.25) is 0 Å². The van der Waals surface area contributed by atoms with Crippen LogP contribution in [0, 0.1) is 0 Å². The molecule has 0 aliphatic heterocycles. The van der Waals surface area contributed by atoms with Crippen molar-refractivity contribution in [1.29, 1.82) is 0 Å². The molecule has 13 heavy (non-hydrogen) atoms. The van der Waals surface area contributed by atoms with E-state index in [9.17, 15) is 0 Å². The Morgan fingerprint density at radius 3 is 2.31 bits per heavy atom. The molecule has 3 nitrogen and oxygen atoms in total. The van der Waals surface area contributed by atoms with Crippen LogP contribution in [0.1, 0.15) is 32.6 Å². The predicted molar refractivity (Wildman–Crippen MR) is 56.7 cm³/mol. The molecule has 0 aliphatic rings. The molecule has 0 aromatic heterocycles. The summed E-state index contributed by atoms with van der Waals surface area (Å²) < 4.78 is 0. The van der Waals surface area contributed by atoms with Gasteiger partial charge >= 0.3 is 0 Å². The number of hydrogen-bond acceptors (Lipinski definition) is 3. The summed E-state index contributed by atoms with van der Waals surface area (Å²) in [6.07, 6.45) is 4.48. The maximum atomic E-state index is 8.64. The summed E-state index contributed by atoms with van der Waals surface area (Å²) >= 11 is 0. The molecule has 0 aromatic rings. The first kappa shape index (κ1) is 12.9. The quantitative estimate of drug-likeness (QED) is 0.527. The molecule has 0 saturated heterocycles. The summed E-state index contributed by atoms with van der Waals surface area (Å²) in [5.74, 6) is 0. The summed E-state index contributed by atoms with van der Waals surface area (Å²) in [6, 6.07) is 0. The van der Waals surface area contributed by atoms with Crippen LogP contribution in [-0.4, -0.2) is 42.8 Å². The molecule has 0 rings (SSSR count). The van der Waals surface area contributed by atoms with Crippen molar-refractivity contribution in [2.75, 3.05) is 32.8 Å². The lowest BCUT2D eigenvalue weighted by Gasteiger charge is -2.20. The Labute approximate surface area is 81.9 Å². The fraction of sp³-hybridized carbons (Fsp3) is 1.00. The van der Waals surface area contributed by atoms with E-state index in [2.05, 4.69) is 11.8 Å². The summed E-state index contributed by atoms with van der Waals surface area (Å²) in [5.41, 5.74) is 5.51. The van der Waals surface area contributed by atoms with Gasteiger partial charge in [-0.25, -0.2) is 0 Å². The van der Waals surface area contributed by atoms with Gasteiger partial charge in [-0.15, -0.1) is 0 Å². The van der Waals surface area contributed by atoms with Crippen molar-refractivity contribution in [2.24, 2.45) is 5.73 Å². The Morgan fingerprint density at radius 1 is 1.08 bits per heavy atom. The van der Waals surface area contributed by atoms with Crippen LogP contribution >= 0.6 is 0 Å². The van der Waals surface area contributed by atoms with Gasteiger partial charge in [-0.2, -0.15) is 0 Å². The number of unbranched alkanes of at least 4 members (excludes halogenated alkanes) is 2. The van der Waals surface area contributed by atoms with E-state index in [1.54, 1.807) is 0 Å². The van der Waals surface area contributed by atoms with Gasteiger partial charge in [0.2, 0.25) is 0 Å². The summed E-state index contributed by atoms with van der Waals surface area (Å²) in [5, 5.41) is 8.64. The van der Waals surface area contributed by atoms with E-state index < -0.39 is 0 Å². The van der Waals surface area contributed by atoms with Crippen LogP contribution in [0.3, 0.4) is 0 Å². The molecule has 0 saturated carbocycles. The van der Waals surface area contributed by atoms with E-state index >= 15 is 0 Å². The molecule has 0 bridgehead atoms. The van der Waals surface area contributed by atoms with E-state index in [-0.39, 0.29) is 0 Å². The lowest BCUT2D eigenvalue weighted by atomic mass is 10.2. The SMILES string of the molecule is CCCCN(CCN)CCCCO. The zero-order valence-electron chi connectivity index (χ0n) is 8.84. The van der Waals surface area contributed by atoms with Gasteiger partial charge in [-0.3, -0.25) is 0 Å². The monoisotopic (exact) mass is 188 g/mol. The van der Waals surface area contributed by atoms with Crippen LogP contribution in [0.25, 0.3) is 0 Å². The second kappa shape index (κ2) is 9.96. The van der Waals surface area contributed by atoms with Crippen LogP contribution in [0.15, 0.2) is 0 Å². The number of nitrogens with two attached hydrogens (primary N) is 1. The number of aliphatic hydroxyl groups excluding tert-OH is 1. The van der Waals surface area contributed by atoms with Gasteiger partial charge in [0.1, 0.15) is 0 Å². The largest absolute Gasteiger partial charge is 0.396 e. The first-order valence-corrected chi connectivity index (χ1v) is 5.38. The maximum Gasteiger partial charge on any atom is 0.0431 e. The van der Waals surface area contributed by atoms with Crippen LogP contribution in [-0.2, 0) is 0 Å². The third-order valence-corrected chi connectivity index (χ3v) is 2.16. The Balaban J connectivity index is 3.41. The Kier molecular flexibility index (Phi) is 9.87. The fourth-order valence-corrected chi connectivity index (χ4v) is 1.35. The molecule has 0 fully saturated rings. The first-order valence-electron chi connectivity index (χ1n) is 5.38. The van der Waals surface area contributed by atoms with Crippen molar-refractivity contribution in [3.63, 3.8) is 0 Å². The molecular formula is C10H24N2O. The van der Waals surface area contributed by atoms with Gasteiger partial charge in [-0.1, -0.05) is 13.3 Å². The van der Waals surface area contributed by atoms with Gasteiger partial charge in [0.05, 0.1) is 0 Å². The maximum absolute atomic E-state index is 8.64. The smallest absolute Gasteiger partial charge is 0.0431 e. The third-order valence-electron chi connectivity index (χ3n) is 2.16. The zero-order valence-corrected chi connectivity index (χ0v) is 8.84. The zero-order chi connectivity index (χ0) is 9.94. The highest BCUT2D eigenvalue weighted by atomic mass is 16.2. The molecule has 80 valence electrons. The molecule has 0 aromatic carbocycles. The van der Waals surface area contributed by atoms with Crippen LogP contribution < -0.4 is 5.73 Å². The van der Waals surface area contributed by atoms with Gasteiger partial charge < -0.3 is 15.7 Å². The fourth-order valence-electron chi connectivity index (χ4n) is 1.35. The number of hydrogen-bond donors (Lipinski definition) is 2. The number of aliphatic hydroxyl groups is 1. The Hall–Kier alpha value is -0.120. The van der Waals surface area contributed by atoms with Crippen molar-refractivity contribution in [2.45, 2.75) is 32.6 Å². The van der Waals surface area contributed by atoms with E-state index in [0.717, 1.165) is 39.0 Å². The third kappa shape index (κ3) is 8.22. The molecule has 0 radical (unpaired) electrons. The summed E-state index contributed by atoms with van der Waals surface area (Å²) in [7, 11) is 0. The highest BCUT2D eigenvalue weighted by Gasteiger charge is 2.01. The molecule has 0 heterocycles. The average Bonchev–Trinajstić information content (AvgIpc) is 2.14.